The Hall–Kier alpha value is -6.96. The van der Waals surface area contributed by atoms with Crippen molar-refractivity contribution in [2.45, 2.75) is 5.92 Å². The summed E-state index contributed by atoms with van der Waals surface area (Å²) in [7, 11) is 0. The molecule has 1 aliphatic rings. The molecular weight excluding hydrogens is 651 g/mol. The van der Waals surface area contributed by atoms with Crippen LogP contribution in [0.4, 0.5) is 17.1 Å². The Morgan fingerprint density at radius 3 is 1.26 bits per heavy atom. The van der Waals surface area contributed by atoms with Crippen molar-refractivity contribution in [2.24, 2.45) is 0 Å². The average Bonchev–Trinajstić information content (AvgIpc) is 3.59. The lowest BCUT2D eigenvalue weighted by atomic mass is 9.88. The number of benzene rings is 9. The first-order valence-electron chi connectivity index (χ1n) is 18.7. The summed E-state index contributed by atoms with van der Waals surface area (Å²) in [6, 6.07) is 79.5. The predicted molar refractivity (Wildman–Crippen MR) is 228 cm³/mol. The molecule has 0 amide bonds. The molecule has 0 bridgehead atoms. The van der Waals surface area contributed by atoms with Crippen molar-refractivity contribution in [3.8, 4) is 44.5 Å². The Morgan fingerprint density at radius 2 is 0.685 bits per heavy atom. The summed E-state index contributed by atoms with van der Waals surface area (Å²) >= 11 is 0. The molecule has 54 heavy (non-hydrogen) atoms. The molecule has 9 aromatic rings. The number of hydrogen-bond acceptors (Lipinski definition) is 1. The number of nitrogens with zero attached hydrogens (tertiary/aromatic N) is 1. The van der Waals surface area contributed by atoms with Crippen LogP contribution in [0.1, 0.15) is 22.6 Å². The lowest BCUT2D eigenvalue weighted by Crippen LogP contribution is -2.09. The third kappa shape index (κ3) is 5.68. The molecule has 1 aliphatic carbocycles. The van der Waals surface area contributed by atoms with E-state index in [2.05, 4.69) is 223 Å². The van der Waals surface area contributed by atoms with Crippen LogP contribution < -0.4 is 4.90 Å². The van der Waals surface area contributed by atoms with E-state index in [1.165, 1.54) is 72.0 Å². The summed E-state index contributed by atoms with van der Waals surface area (Å²) in [4.78, 5) is 2.35. The third-order valence-corrected chi connectivity index (χ3v) is 11.0. The van der Waals surface area contributed by atoms with Crippen molar-refractivity contribution in [3.63, 3.8) is 0 Å². The molecule has 0 aliphatic heterocycles. The lowest BCUT2D eigenvalue weighted by Gasteiger charge is -2.26. The Balaban J connectivity index is 0.983. The minimum atomic E-state index is 0.252. The van der Waals surface area contributed by atoms with Gasteiger partial charge in [-0.3, -0.25) is 0 Å². The van der Waals surface area contributed by atoms with Gasteiger partial charge in [0, 0.05) is 23.0 Å². The van der Waals surface area contributed by atoms with Crippen LogP contribution in [0, 0.1) is 0 Å². The SMILES string of the molecule is c1ccc(-c2ccc(N(c3ccc(-c4ccc(C5c6ccccc6-c6ccccc65)cc4)cc3)c3ccc(-c4cccc5ccccc45)cc3)cc2)cc1. The first-order chi connectivity index (χ1) is 26.8. The number of hydrogen-bond donors (Lipinski definition) is 0. The van der Waals surface area contributed by atoms with Crippen LogP contribution in [0.2, 0.25) is 0 Å². The van der Waals surface area contributed by atoms with Crippen molar-refractivity contribution in [1.29, 1.82) is 0 Å². The van der Waals surface area contributed by atoms with E-state index < -0.39 is 0 Å². The summed E-state index contributed by atoms with van der Waals surface area (Å²) in [6.45, 7) is 0. The molecule has 0 radical (unpaired) electrons. The normalized spacial score (nSPS) is 12.0. The van der Waals surface area contributed by atoms with E-state index in [1.54, 1.807) is 0 Å². The van der Waals surface area contributed by atoms with E-state index in [4.69, 9.17) is 0 Å². The maximum Gasteiger partial charge on any atom is 0.0462 e. The van der Waals surface area contributed by atoms with Gasteiger partial charge >= 0.3 is 0 Å². The molecule has 0 saturated heterocycles. The van der Waals surface area contributed by atoms with Gasteiger partial charge in [0.05, 0.1) is 0 Å². The van der Waals surface area contributed by atoms with Crippen LogP contribution in [0.5, 0.6) is 0 Å². The standard InChI is InChI=1S/C53H37N/c1-2-11-37(12-3-1)39-25-31-44(32-26-39)54(46-35-29-42(30-36-46)48-20-10-14-41-13-4-5-15-47(41)48)45-33-27-40(28-34-45)38-21-23-43(24-22-38)53-51-18-8-6-16-49(51)50-17-7-9-19-52(50)53/h1-36,53H. The molecular formula is C53H37N. The predicted octanol–water partition coefficient (Wildman–Crippen LogP) is 14.5. The molecule has 1 nitrogen and oxygen atoms in total. The molecule has 254 valence electrons. The van der Waals surface area contributed by atoms with Gasteiger partial charge in [-0.2, -0.15) is 0 Å². The van der Waals surface area contributed by atoms with Gasteiger partial charge in [0.15, 0.2) is 0 Å². The van der Waals surface area contributed by atoms with Crippen molar-refractivity contribution in [3.05, 3.63) is 235 Å². The van der Waals surface area contributed by atoms with Crippen molar-refractivity contribution in [2.75, 3.05) is 4.90 Å². The summed E-state index contributed by atoms with van der Waals surface area (Å²) in [6.07, 6.45) is 0. The number of rotatable bonds is 7. The highest BCUT2D eigenvalue weighted by Gasteiger charge is 2.29. The molecule has 0 N–H and O–H groups in total. The van der Waals surface area contributed by atoms with Gasteiger partial charge < -0.3 is 4.90 Å². The molecule has 9 aromatic carbocycles. The number of anilines is 3. The van der Waals surface area contributed by atoms with Crippen LogP contribution in [-0.2, 0) is 0 Å². The minimum absolute atomic E-state index is 0.252. The Morgan fingerprint density at radius 1 is 0.278 bits per heavy atom. The minimum Gasteiger partial charge on any atom is -0.311 e. The summed E-state index contributed by atoms with van der Waals surface area (Å²) in [5, 5.41) is 2.52. The van der Waals surface area contributed by atoms with E-state index in [0.29, 0.717) is 0 Å². The van der Waals surface area contributed by atoms with Crippen molar-refractivity contribution < 1.29 is 0 Å². The zero-order chi connectivity index (χ0) is 35.8. The zero-order valence-corrected chi connectivity index (χ0v) is 29.8. The van der Waals surface area contributed by atoms with Crippen LogP contribution in [0.15, 0.2) is 218 Å². The highest BCUT2D eigenvalue weighted by Crippen LogP contribution is 2.48. The fraction of sp³-hybridized carbons (Fsp3) is 0.0189. The Bertz CT molecular complexity index is 2680. The second-order valence-corrected chi connectivity index (χ2v) is 14.1. The van der Waals surface area contributed by atoms with Crippen LogP contribution >= 0.6 is 0 Å². The molecule has 0 atom stereocenters. The number of fused-ring (bicyclic) bond motifs is 4. The van der Waals surface area contributed by atoms with E-state index in [1.807, 2.05) is 0 Å². The topological polar surface area (TPSA) is 3.24 Å². The van der Waals surface area contributed by atoms with Crippen molar-refractivity contribution >= 4 is 27.8 Å². The molecule has 0 fully saturated rings. The molecule has 0 heterocycles. The Labute approximate surface area is 317 Å². The van der Waals surface area contributed by atoms with Gasteiger partial charge in [0.25, 0.3) is 0 Å². The molecule has 0 aromatic heterocycles. The first-order valence-corrected chi connectivity index (χ1v) is 18.7. The molecule has 0 spiro atoms. The zero-order valence-electron chi connectivity index (χ0n) is 29.8. The van der Waals surface area contributed by atoms with Gasteiger partial charge in [-0.15, -0.1) is 0 Å². The van der Waals surface area contributed by atoms with Gasteiger partial charge in [-0.25, -0.2) is 0 Å². The van der Waals surface area contributed by atoms with Gasteiger partial charge in [-0.05, 0) is 108 Å². The average molecular weight is 688 g/mol. The fourth-order valence-electron chi connectivity index (χ4n) is 8.33. The van der Waals surface area contributed by atoms with Crippen molar-refractivity contribution in [1.82, 2.24) is 0 Å². The second kappa shape index (κ2) is 13.5. The van der Waals surface area contributed by atoms with Crippen LogP contribution in [-0.4, -0.2) is 0 Å². The van der Waals surface area contributed by atoms with E-state index in [0.717, 1.165) is 17.1 Å². The van der Waals surface area contributed by atoms with Gasteiger partial charge in [-0.1, -0.05) is 182 Å². The second-order valence-electron chi connectivity index (χ2n) is 14.1. The monoisotopic (exact) mass is 687 g/mol. The molecule has 0 saturated carbocycles. The van der Waals surface area contributed by atoms with E-state index in [-0.39, 0.29) is 5.92 Å². The van der Waals surface area contributed by atoms with E-state index in [9.17, 15) is 0 Å². The first kappa shape index (κ1) is 31.7. The van der Waals surface area contributed by atoms with Crippen LogP contribution in [0.3, 0.4) is 0 Å². The van der Waals surface area contributed by atoms with Crippen LogP contribution in [0.25, 0.3) is 55.3 Å². The Kier molecular flexibility index (Phi) is 7.96. The molecule has 0 unspecified atom stereocenters. The summed E-state index contributed by atoms with van der Waals surface area (Å²) < 4.78 is 0. The smallest absolute Gasteiger partial charge is 0.0462 e. The third-order valence-electron chi connectivity index (χ3n) is 11.0. The summed E-state index contributed by atoms with van der Waals surface area (Å²) in [5.41, 5.74) is 17.4. The maximum absolute atomic E-state index is 2.35. The molecule has 1 heteroatoms. The highest BCUT2D eigenvalue weighted by molar-refractivity contribution is 5.97. The fourth-order valence-corrected chi connectivity index (χ4v) is 8.33. The quantitative estimate of drug-likeness (QED) is 0.161. The summed E-state index contributed by atoms with van der Waals surface area (Å²) in [5.74, 6) is 0.252. The van der Waals surface area contributed by atoms with Gasteiger partial charge in [0.2, 0.25) is 0 Å². The maximum atomic E-state index is 2.35. The lowest BCUT2D eigenvalue weighted by molar-refractivity contribution is 1.02. The largest absolute Gasteiger partial charge is 0.311 e. The van der Waals surface area contributed by atoms with Gasteiger partial charge in [0.1, 0.15) is 0 Å². The highest BCUT2D eigenvalue weighted by atomic mass is 15.1. The molecule has 10 rings (SSSR count). The van der Waals surface area contributed by atoms with E-state index >= 15 is 0 Å².